The molecule has 0 amide bonds. The van der Waals surface area contributed by atoms with Crippen molar-refractivity contribution in [1.29, 1.82) is 0 Å². The minimum atomic E-state index is -0.576. The minimum absolute atomic E-state index is 0.0360. The van der Waals surface area contributed by atoms with Crippen molar-refractivity contribution in [3.05, 3.63) is 48.0 Å². The molecule has 1 aromatic carbocycles. The second-order valence-electron chi connectivity index (χ2n) is 6.28. The fourth-order valence-electron chi connectivity index (χ4n) is 2.86. The summed E-state index contributed by atoms with van der Waals surface area (Å²) in [5.74, 6) is 0.306. The Bertz CT molecular complexity index is 1060. The zero-order valence-corrected chi connectivity index (χ0v) is 16.8. The van der Waals surface area contributed by atoms with Gasteiger partial charge in [0.2, 0.25) is 0 Å². The molecule has 0 unspecified atom stereocenters. The smallest absolute Gasteiger partial charge is 0.188 e. The highest BCUT2D eigenvalue weighted by atomic mass is 19.1. The van der Waals surface area contributed by atoms with E-state index < -0.39 is 5.82 Å². The maximum absolute atomic E-state index is 15.0. The maximum atomic E-state index is 15.0. The Labute approximate surface area is 168 Å². The van der Waals surface area contributed by atoms with Crippen LogP contribution in [0.3, 0.4) is 0 Å². The Morgan fingerprint density at radius 1 is 1.21 bits per heavy atom. The Kier molecular flexibility index (Phi) is 6.23. The van der Waals surface area contributed by atoms with Crippen LogP contribution in [0.1, 0.15) is 19.5 Å². The van der Waals surface area contributed by atoms with Gasteiger partial charge in [0, 0.05) is 18.7 Å². The summed E-state index contributed by atoms with van der Waals surface area (Å²) in [7, 11) is 2.87. The van der Waals surface area contributed by atoms with Crippen molar-refractivity contribution in [2.24, 2.45) is 0 Å². The zero-order valence-electron chi connectivity index (χ0n) is 16.8. The second kappa shape index (κ2) is 8.83. The molecule has 0 saturated carbocycles. The van der Waals surface area contributed by atoms with E-state index in [-0.39, 0.29) is 24.6 Å². The summed E-state index contributed by atoms with van der Waals surface area (Å²) >= 11 is 0. The van der Waals surface area contributed by atoms with E-state index in [0.717, 1.165) is 5.57 Å². The van der Waals surface area contributed by atoms with E-state index in [1.54, 1.807) is 23.2 Å². The molecule has 0 spiro atoms. The first kappa shape index (κ1) is 20.5. The first-order chi connectivity index (χ1) is 14.0. The van der Waals surface area contributed by atoms with Crippen LogP contribution in [0.25, 0.3) is 16.7 Å². The number of aliphatic hydroxyl groups excluding tert-OH is 1. The first-order valence-corrected chi connectivity index (χ1v) is 9.09. The molecular formula is C21H23FN4O3. The van der Waals surface area contributed by atoms with Crippen molar-refractivity contribution in [2.75, 3.05) is 32.3 Å². The third-order valence-electron chi connectivity index (χ3n) is 4.57. The maximum Gasteiger partial charge on any atom is 0.188 e. The van der Waals surface area contributed by atoms with Crippen LogP contribution in [0.4, 0.5) is 15.9 Å². The molecule has 0 radical (unpaired) electrons. The molecule has 1 N–H and O–H groups in total. The van der Waals surface area contributed by atoms with Gasteiger partial charge in [-0.1, -0.05) is 6.08 Å². The number of halogens is 1. The SMILES string of the molecule is C/C=C(\C)c1cnc2ccc(N(CCO)c3cc(OC)cc(OC)c3F)nc2n1. The average molecular weight is 398 g/mol. The van der Waals surface area contributed by atoms with Crippen LogP contribution in [0, 0.1) is 5.82 Å². The first-order valence-electron chi connectivity index (χ1n) is 9.09. The Morgan fingerprint density at radius 3 is 2.66 bits per heavy atom. The van der Waals surface area contributed by atoms with Crippen LogP contribution in [-0.4, -0.2) is 47.4 Å². The van der Waals surface area contributed by atoms with E-state index in [1.165, 1.54) is 26.4 Å². The normalized spacial score (nSPS) is 11.6. The Hall–Kier alpha value is -3.26. The van der Waals surface area contributed by atoms with Crippen molar-refractivity contribution >= 4 is 28.2 Å². The van der Waals surface area contributed by atoms with Crippen LogP contribution < -0.4 is 14.4 Å². The minimum Gasteiger partial charge on any atom is -0.497 e. The van der Waals surface area contributed by atoms with Crippen LogP contribution in [0.2, 0.25) is 0 Å². The summed E-state index contributed by atoms with van der Waals surface area (Å²) in [5.41, 5.74) is 2.92. The van der Waals surface area contributed by atoms with Gasteiger partial charge in [0.25, 0.3) is 0 Å². The predicted molar refractivity (Wildman–Crippen MR) is 110 cm³/mol. The van der Waals surface area contributed by atoms with E-state index in [0.29, 0.717) is 28.4 Å². The summed E-state index contributed by atoms with van der Waals surface area (Å²) in [6.07, 6.45) is 3.63. The lowest BCUT2D eigenvalue weighted by molar-refractivity contribution is 0.305. The molecule has 3 aromatic rings. The standard InChI is InChI=1S/C21H23FN4O3/c1-5-13(2)16-12-23-15-6-7-19(25-21(15)24-16)26(8-9-27)17-10-14(28-3)11-18(29-4)20(17)22/h5-7,10-12,27H,8-9H2,1-4H3/b13-5+. The molecule has 0 bridgehead atoms. The molecule has 0 aliphatic heterocycles. The Balaban J connectivity index is 2.15. The highest BCUT2D eigenvalue weighted by Crippen LogP contribution is 2.36. The van der Waals surface area contributed by atoms with Crippen molar-refractivity contribution in [2.45, 2.75) is 13.8 Å². The highest BCUT2D eigenvalue weighted by Gasteiger charge is 2.20. The summed E-state index contributed by atoms with van der Waals surface area (Å²) in [6, 6.07) is 6.46. The van der Waals surface area contributed by atoms with Crippen molar-refractivity contribution in [1.82, 2.24) is 15.0 Å². The van der Waals surface area contributed by atoms with Crippen LogP contribution in [-0.2, 0) is 0 Å². The van der Waals surface area contributed by atoms with E-state index in [4.69, 9.17) is 9.47 Å². The molecule has 8 heteroatoms. The molecule has 152 valence electrons. The van der Waals surface area contributed by atoms with Gasteiger partial charge in [0.15, 0.2) is 17.2 Å². The van der Waals surface area contributed by atoms with E-state index in [9.17, 15) is 5.11 Å². The zero-order chi connectivity index (χ0) is 21.0. The Morgan fingerprint density at radius 2 is 2.00 bits per heavy atom. The van der Waals surface area contributed by atoms with Gasteiger partial charge in [-0.05, 0) is 31.6 Å². The third-order valence-corrected chi connectivity index (χ3v) is 4.57. The van der Waals surface area contributed by atoms with Crippen molar-refractivity contribution in [3.63, 3.8) is 0 Å². The molecule has 3 rings (SSSR count). The van der Waals surface area contributed by atoms with E-state index >= 15 is 4.39 Å². The molecule has 0 atom stereocenters. The molecular weight excluding hydrogens is 375 g/mol. The van der Waals surface area contributed by atoms with Gasteiger partial charge in [0.1, 0.15) is 17.1 Å². The van der Waals surface area contributed by atoms with Gasteiger partial charge in [-0.2, -0.15) is 0 Å². The van der Waals surface area contributed by atoms with Gasteiger partial charge in [-0.15, -0.1) is 0 Å². The lowest BCUT2D eigenvalue weighted by Gasteiger charge is -2.24. The topological polar surface area (TPSA) is 80.6 Å². The summed E-state index contributed by atoms with van der Waals surface area (Å²) in [6.45, 7) is 3.78. The highest BCUT2D eigenvalue weighted by molar-refractivity contribution is 5.76. The summed E-state index contributed by atoms with van der Waals surface area (Å²) in [4.78, 5) is 15.1. The van der Waals surface area contributed by atoms with Crippen LogP contribution in [0.15, 0.2) is 36.5 Å². The third kappa shape index (κ3) is 4.12. The number of methoxy groups -OCH3 is 2. The van der Waals surface area contributed by atoms with Crippen LogP contribution >= 0.6 is 0 Å². The second-order valence-corrected chi connectivity index (χ2v) is 6.28. The number of benzene rings is 1. The number of pyridine rings is 1. The van der Waals surface area contributed by atoms with E-state index in [2.05, 4.69) is 15.0 Å². The number of hydrogen-bond donors (Lipinski definition) is 1. The quantitative estimate of drug-likeness (QED) is 0.649. The number of nitrogens with zero attached hydrogens (tertiary/aromatic N) is 4. The molecule has 2 aromatic heterocycles. The number of fused-ring (bicyclic) bond motifs is 1. The molecule has 29 heavy (non-hydrogen) atoms. The fourth-order valence-corrected chi connectivity index (χ4v) is 2.86. The molecule has 2 heterocycles. The molecule has 0 aliphatic rings. The van der Waals surface area contributed by atoms with Crippen molar-refractivity contribution in [3.8, 4) is 11.5 Å². The lowest BCUT2D eigenvalue weighted by Crippen LogP contribution is -2.23. The average Bonchev–Trinajstić information content (AvgIpc) is 2.76. The molecule has 0 saturated heterocycles. The number of aliphatic hydroxyl groups is 1. The van der Waals surface area contributed by atoms with Gasteiger partial charge in [0.05, 0.1) is 38.4 Å². The number of rotatable bonds is 7. The number of allylic oxidation sites excluding steroid dienone is 2. The van der Waals surface area contributed by atoms with Gasteiger partial charge in [-0.3, -0.25) is 4.98 Å². The van der Waals surface area contributed by atoms with Gasteiger partial charge in [-0.25, -0.2) is 14.4 Å². The molecule has 7 nitrogen and oxygen atoms in total. The predicted octanol–water partition coefficient (Wildman–Crippen LogP) is 3.73. The summed E-state index contributed by atoms with van der Waals surface area (Å²) in [5, 5.41) is 9.58. The molecule has 0 aliphatic carbocycles. The number of anilines is 2. The fraction of sp³-hybridized carbons (Fsp3) is 0.286. The van der Waals surface area contributed by atoms with Crippen LogP contribution in [0.5, 0.6) is 11.5 Å². The summed E-state index contributed by atoms with van der Waals surface area (Å²) < 4.78 is 25.4. The number of aromatic nitrogens is 3. The monoisotopic (exact) mass is 398 g/mol. The lowest BCUT2D eigenvalue weighted by atomic mass is 10.2. The number of hydrogen-bond acceptors (Lipinski definition) is 7. The van der Waals surface area contributed by atoms with Crippen molar-refractivity contribution < 1.29 is 19.0 Å². The van der Waals surface area contributed by atoms with E-state index in [1.807, 2.05) is 19.9 Å². The molecule has 0 fully saturated rings. The van der Waals surface area contributed by atoms with Gasteiger partial charge >= 0.3 is 0 Å². The number of ether oxygens (including phenoxy) is 2. The van der Waals surface area contributed by atoms with Gasteiger partial charge < -0.3 is 19.5 Å². The largest absolute Gasteiger partial charge is 0.497 e.